The summed E-state index contributed by atoms with van der Waals surface area (Å²) in [6, 6.07) is -4.11. The third-order valence-electron chi connectivity index (χ3n) is 12.3. The number of carbonyl (C=O) groups excluding carboxylic acids is 10. The number of nitrogens with zero attached hydrogens (tertiary/aromatic N) is 1. The highest BCUT2D eigenvalue weighted by Gasteiger charge is 2.44. The van der Waals surface area contributed by atoms with Gasteiger partial charge in [-0.15, -0.1) is 0 Å². The number of carbonyl (C=O) groups is 10. The van der Waals surface area contributed by atoms with Crippen LogP contribution in [0.1, 0.15) is 78.7 Å². The number of amides is 9. The highest BCUT2D eigenvalue weighted by molar-refractivity contribution is 7.91. The molecule has 69 heavy (non-hydrogen) atoms. The van der Waals surface area contributed by atoms with Gasteiger partial charge in [-0.25, -0.2) is 0 Å². The Hall–Kier alpha value is -6.15. The molecule has 9 amide bonds. The number of ketones is 1. The molecule has 380 valence electrons. The summed E-state index contributed by atoms with van der Waals surface area (Å²) >= 11 is -2.34. The molecule has 0 radical (unpaired) electrons. The zero-order valence-electron chi connectivity index (χ0n) is 39.4. The number of rotatable bonds is 17. The smallest absolute Gasteiger partial charge is 0.248 e. The Balaban J connectivity index is 1.92. The van der Waals surface area contributed by atoms with Crippen molar-refractivity contribution in [3.05, 3.63) is 23.8 Å². The van der Waals surface area contributed by atoms with Gasteiger partial charge in [0.1, 0.15) is 29.9 Å². The van der Waals surface area contributed by atoms with E-state index in [1.165, 1.54) is 19.1 Å². The molecule has 0 spiro atoms. The normalized spacial score (nSPS) is 23.9. The van der Waals surface area contributed by atoms with Crippen LogP contribution in [-0.2, 0) is 65.5 Å². The fourth-order valence-electron chi connectivity index (χ4n) is 8.06. The van der Waals surface area contributed by atoms with Gasteiger partial charge in [0.15, 0.2) is 11.8 Å². The zero-order chi connectivity index (χ0) is 51.3. The molecule has 2 aromatic rings. The molecule has 1 aromatic heterocycles. The van der Waals surface area contributed by atoms with Crippen molar-refractivity contribution in [1.29, 1.82) is 0 Å². The Bertz CT molecular complexity index is 2260. The van der Waals surface area contributed by atoms with E-state index in [2.05, 4.69) is 42.2 Å². The van der Waals surface area contributed by atoms with Crippen LogP contribution in [0.3, 0.4) is 0 Å². The number of anilines is 1. The van der Waals surface area contributed by atoms with Gasteiger partial charge in [-0.05, 0) is 43.9 Å². The lowest BCUT2D eigenvalue weighted by Crippen LogP contribution is -2.61. The monoisotopic (exact) mass is 986 g/mol. The van der Waals surface area contributed by atoms with E-state index in [1.807, 2.05) is 6.92 Å². The first-order chi connectivity index (χ1) is 32.6. The summed E-state index contributed by atoms with van der Waals surface area (Å²) in [6.07, 6.45) is -1.41. The summed E-state index contributed by atoms with van der Waals surface area (Å²) in [4.78, 5) is 139. The van der Waals surface area contributed by atoms with Crippen LogP contribution in [0.25, 0.3) is 10.9 Å². The van der Waals surface area contributed by atoms with Gasteiger partial charge in [0.2, 0.25) is 58.2 Å². The van der Waals surface area contributed by atoms with Gasteiger partial charge in [0, 0.05) is 53.6 Å². The highest BCUT2D eigenvalue weighted by Crippen LogP contribution is 2.31. The summed E-state index contributed by atoms with van der Waals surface area (Å²) in [7, 11) is 0. The lowest BCUT2D eigenvalue weighted by atomic mass is 9.96. The molecule has 1 unspecified atom stereocenters. The van der Waals surface area contributed by atoms with Crippen LogP contribution < -0.4 is 54.4 Å². The average molecular weight is 987 g/mol. The molecular formula is C44H66N12O12S. The lowest BCUT2D eigenvalue weighted by molar-refractivity contribution is -0.143. The molecule has 2 aliphatic heterocycles. The number of H-pyrrole nitrogens is 1. The average Bonchev–Trinajstić information content (AvgIpc) is 3.88. The van der Waals surface area contributed by atoms with E-state index < -0.39 is 145 Å². The largest absolute Gasteiger partial charge is 0.610 e. The molecule has 15 N–H and O–H groups in total. The third-order valence-corrected chi connectivity index (χ3v) is 13.7. The van der Waals surface area contributed by atoms with Gasteiger partial charge in [-0.3, -0.25) is 47.9 Å². The van der Waals surface area contributed by atoms with Crippen LogP contribution in [-0.4, -0.2) is 153 Å². The first kappa shape index (κ1) is 55.4. The summed E-state index contributed by atoms with van der Waals surface area (Å²) in [5.41, 5.74) is 17.4. The van der Waals surface area contributed by atoms with Gasteiger partial charge >= 0.3 is 0 Å². The van der Waals surface area contributed by atoms with E-state index >= 15 is 0 Å². The molecule has 1 fully saturated rings. The van der Waals surface area contributed by atoms with E-state index in [0.29, 0.717) is 30.3 Å². The third kappa shape index (κ3) is 14.9. The van der Waals surface area contributed by atoms with E-state index in [9.17, 15) is 57.6 Å². The predicted octanol–water partition coefficient (Wildman–Crippen LogP) is -3.47. The SMILES string of the molecule is CC[C@H](C)[C@H](NC(=O)CNC(=O)[C@@H]1Cc2c([nH]c3cc(NC(=O)CCCN)ccc23)[S+]([O-])C[C@H](NC(=O)CN)C(=O)N[C@@H](CC(N)=O)C(=O)N2C[C@H](O)C[C@H]2C(=O)N[C@@H]([C@@H](C)CC)C(=O)N1)C(C)=O. The Morgan fingerprint density at radius 2 is 1.67 bits per heavy atom. The second-order valence-electron chi connectivity index (χ2n) is 17.5. The minimum atomic E-state index is -2.34. The summed E-state index contributed by atoms with van der Waals surface area (Å²) < 4.78 is 14.7. The van der Waals surface area contributed by atoms with Crippen molar-refractivity contribution < 1.29 is 57.6 Å². The van der Waals surface area contributed by atoms with Crippen LogP contribution in [0.4, 0.5) is 5.69 Å². The van der Waals surface area contributed by atoms with Gasteiger partial charge in [0.25, 0.3) is 0 Å². The van der Waals surface area contributed by atoms with Crippen LogP contribution in [0.15, 0.2) is 23.2 Å². The maximum atomic E-state index is 14.7. The Kier molecular flexibility index (Phi) is 20.5. The van der Waals surface area contributed by atoms with E-state index in [0.717, 1.165) is 4.90 Å². The van der Waals surface area contributed by atoms with Crippen LogP contribution >= 0.6 is 0 Å². The van der Waals surface area contributed by atoms with Gasteiger partial charge in [-0.2, -0.15) is 0 Å². The van der Waals surface area contributed by atoms with Crippen molar-refractivity contribution in [2.75, 3.05) is 37.2 Å². The summed E-state index contributed by atoms with van der Waals surface area (Å²) in [5.74, 6) is -9.65. The minimum absolute atomic E-state index is 0.106. The van der Waals surface area contributed by atoms with Crippen LogP contribution in [0.2, 0.25) is 0 Å². The number of Topliss-reactive ketones (excluding diaryl/α,β-unsaturated/α-hetero) is 1. The molecular weight excluding hydrogens is 921 g/mol. The second-order valence-corrected chi connectivity index (χ2v) is 18.9. The highest BCUT2D eigenvalue weighted by atomic mass is 32.2. The molecule has 4 rings (SSSR count). The Morgan fingerprint density at radius 3 is 2.29 bits per heavy atom. The molecule has 2 aliphatic rings. The topological polar surface area (TPSA) is 395 Å². The molecule has 1 aromatic carbocycles. The fourth-order valence-corrected chi connectivity index (χ4v) is 9.46. The number of nitrogens with one attached hydrogen (secondary N) is 8. The summed E-state index contributed by atoms with van der Waals surface area (Å²) in [6.45, 7) is 6.92. The standard InChI is InChI=1S/C44H66N12O12S/c1-6-21(3)37(23(5)57)54-36(62)18-48-39(63)29-15-27-26-11-10-24(49-34(60)9-8-12-45)13-28(26)53-43(27)69(68)20-31(50-35(61)17-46)40(64)52-30(16-33(47)59)44(67)56-19-25(58)14-32(56)41(65)55-38(22(4)7-2)42(66)51-29/h10-11,13,21-22,25,29-32,37-38,53,58H,6-9,12,14-20,45-46H2,1-5H3,(H2,47,59)(H,48,63)(H,49,60)(H,50,61)(H,51,66)(H,52,64)(H,54,62)(H,55,65)/t21-,22-,25+,29-,30-,31-,32-,37-,38-,69?/m0/s1. The van der Waals surface area contributed by atoms with Crippen molar-refractivity contribution >= 4 is 86.7 Å². The number of aromatic nitrogens is 1. The molecule has 10 atom stereocenters. The Morgan fingerprint density at radius 1 is 0.957 bits per heavy atom. The van der Waals surface area contributed by atoms with Gasteiger partial charge in [-0.1, -0.05) is 46.6 Å². The lowest BCUT2D eigenvalue weighted by Gasteiger charge is -2.31. The summed E-state index contributed by atoms with van der Waals surface area (Å²) in [5, 5.41) is 29.0. The molecule has 24 nitrogen and oxygen atoms in total. The van der Waals surface area contributed by atoms with Crippen molar-refractivity contribution in [3.63, 3.8) is 0 Å². The molecule has 0 aliphatic carbocycles. The zero-order valence-corrected chi connectivity index (χ0v) is 40.3. The van der Waals surface area contributed by atoms with Crippen molar-refractivity contribution in [3.8, 4) is 0 Å². The van der Waals surface area contributed by atoms with Crippen molar-refractivity contribution in [2.24, 2.45) is 29.0 Å². The first-order valence-corrected chi connectivity index (χ1v) is 24.2. The fraction of sp³-hybridized carbons (Fsp3) is 0.591. The van der Waals surface area contributed by atoms with Crippen molar-refractivity contribution in [1.82, 2.24) is 41.8 Å². The number of primary amides is 1. The molecule has 0 saturated carbocycles. The number of aromatic amines is 1. The molecule has 0 bridgehead atoms. The number of aliphatic hydroxyl groups excluding tert-OH is 1. The maximum absolute atomic E-state index is 14.7. The predicted molar refractivity (Wildman–Crippen MR) is 251 cm³/mol. The van der Waals surface area contributed by atoms with Crippen molar-refractivity contribution in [2.45, 2.75) is 127 Å². The molecule has 1 saturated heterocycles. The number of aliphatic hydroxyl groups is 1. The molecule has 3 heterocycles. The quantitative estimate of drug-likeness (QED) is 0.0686. The van der Waals surface area contributed by atoms with Gasteiger partial charge < -0.3 is 74.0 Å². The maximum Gasteiger partial charge on any atom is 0.248 e. The number of hydrogen-bond donors (Lipinski definition) is 12. The minimum Gasteiger partial charge on any atom is -0.610 e. The Labute approximate surface area is 402 Å². The van der Waals surface area contributed by atoms with Crippen LogP contribution in [0.5, 0.6) is 0 Å². The van der Waals surface area contributed by atoms with E-state index in [1.54, 1.807) is 26.8 Å². The van der Waals surface area contributed by atoms with E-state index in [4.69, 9.17) is 17.2 Å². The van der Waals surface area contributed by atoms with E-state index in [-0.39, 0.29) is 53.1 Å². The first-order valence-electron chi connectivity index (χ1n) is 22.9. The number of hydrogen-bond acceptors (Lipinski definition) is 14. The van der Waals surface area contributed by atoms with Crippen LogP contribution in [0, 0.1) is 11.8 Å². The molecule has 25 heteroatoms. The van der Waals surface area contributed by atoms with Gasteiger partial charge in [0.05, 0.1) is 37.2 Å². The number of benzene rings is 1. The number of nitrogens with two attached hydrogens (primary N) is 3. The number of fused-ring (bicyclic) bond motifs is 4. The second kappa shape index (κ2) is 25.5.